The van der Waals surface area contributed by atoms with Gasteiger partial charge < -0.3 is 0 Å². The van der Waals surface area contributed by atoms with E-state index in [1.807, 2.05) is 49.4 Å². The summed E-state index contributed by atoms with van der Waals surface area (Å²) in [5.41, 5.74) is 3.24. The summed E-state index contributed by atoms with van der Waals surface area (Å²) >= 11 is 13.5. The van der Waals surface area contributed by atoms with E-state index >= 15 is 0 Å². The number of benzene rings is 3. The number of thiazole rings is 1. The first-order valence-electron chi connectivity index (χ1n) is 9.94. The van der Waals surface area contributed by atoms with Gasteiger partial charge >= 0.3 is 0 Å². The molecule has 0 amide bonds. The molecule has 0 saturated heterocycles. The number of halogens is 2. The monoisotopic (exact) mass is 479 g/mol. The smallest absolute Gasteiger partial charge is 0.269 e. The first kappa shape index (κ1) is 22.3. The number of ketones is 1. The van der Waals surface area contributed by atoms with Gasteiger partial charge in [-0.2, -0.15) is 0 Å². The van der Waals surface area contributed by atoms with Crippen molar-refractivity contribution in [3.63, 3.8) is 0 Å². The maximum absolute atomic E-state index is 13.3. The molecule has 32 heavy (non-hydrogen) atoms. The Morgan fingerprint density at radius 2 is 1.66 bits per heavy atom. The lowest BCUT2D eigenvalue weighted by Gasteiger charge is -2.03. The first-order chi connectivity index (χ1) is 15.4. The highest BCUT2D eigenvalue weighted by molar-refractivity contribution is 7.07. The minimum Gasteiger partial charge on any atom is -0.294 e. The Kier molecular flexibility index (Phi) is 6.75. The van der Waals surface area contributed by atoms with E-state index in [2.05, 4.69) is 0 Å². The number of aryl methyl sites for hydroxylation is 1. The van der Waals surface area contributed by atoms with Crippen molar-refractivity contribution in [1.82, 2.24) is 4.57 Å². The fourth-order valence-electron chi connectivity index (χ4n) is 3.23. The van der Waals surface area contributed by atoms with Crippen molar-refractivity contribution in [1.29, 1.82) is 0 Å². The number of rotatable bonds is 5. The van der Waals surface area contributed by atoms with E-state index in [0.717, 1.165) is 16.7 Å². The van der Waals surface area contributed by atoms with Gasteiger partial charge in [-0.3, -0.25) is 14.2 Å². The topological polar surface area (TPSA) is 39.1 Å². The molecule has 1 aromatic heterocycles. The van der Waals surface area contributed by atoms with Crippen LogP contribution in [0.2, 0.25) is 10.0 Å². The van der Waals surface area contributed by atoms with E-state index in [1.54, 1.807) is 41.0 Å². The maximum Gasteiger partial charge on any atom is 0.269 e. The predicted octanol–water partition coefficient (Wildman–Crippen LogP) is 5.07. The SMILES string of the molecule is Cc1ccc(/C=c2\s/c(=C\C(=O)c3ccccc3Cl)n(Cc3ccc(Cl)cc3)c2=O)cc1. The molecule has 0 unspecified atom stereocenters. The van der Waals surface area contributed by atoms with Crippen LogP contribution in [0.4, 0.5) is 0 Å². The van der Waals surface area contributed by atoms with Gasteiger partial charge in [-0.05, 0) is 48.4 Å². The van der Waals surface area contributed by atoms with Crippen LogP contribution in [0.25, 0.3) is 12.2 Å². The summed E-state index contributed by atoms with van der Waals surface area (Å²) < 4.78 is 2.73. The summed E-state index contributed by atoms with van der Waals surface area (Å²) in [7, 11) is 0. The Morgan fingerprint density at radius 3 is 2.34 bits per heavy atom. The third-order valence-electron chi connectivity index (χ3n) is 4.96. The minimum absolute atomic E-state index is 0.149. The minimum atomic E-state index is -0.247. The van der Waals surface area contributed by atoms with Gasteiger partial charge in [-0.15, -0.1) is 11.3 Å². The van der Waals surface area contributed by atoms with Gasteiger partial charge in [0, 0.05) is 16.7 Å². The summed E-state index contributed by atoms with van der Waals surface area (Å²) in [6.45, 7) is 2.34. The average molecular weight is 480 g/mol. The molecule has 0 atom stereocenters. The standard InChI is InChI=1S/C26H19Cl2NO2S/c1-17-6-8-18(9-7-17)14-24-26(31)29(16-19-10-12-20(27)13-11-19)25(32-24)15-23(30)21-4-2-3-5-22(21)28/h2-15H,16H2,1H3/b24-14-,25-15-. The molecular weight excluding hydrogens is 461 g/mol. The Morgan fingerprint density at radius 1 is 0.969 bits per heavy atom. The van der Waals surface area contributed by atoms with Gasteiger partial charge in [0.05, 0.1) is 16.1 Å². The Labute approximate surface area is 199 Å². The maximum atomic E-state index is 13.3. The lowest BCUT2D eigenvalue weighted by atomic mass is 10.1. The van der Waals surface area contributed by atoms with Gasteiger partial charge in [-0.1, -0.05) is 77.3 Å². The molecule has 0 aliphatic heterocycles. The van der Waals surface area contributed by atoms with Crippen LogP contribution in [0.3, 0.4) is 0 Å². The van der Waals surface area contributed by atoms with Crippen LogP contribution in [-0.4, -0.2) is 10.4 Å². The van der Waals surface area contributed by atoms with Gasteiger partial charge in [0.1, 0.15) is 4.66 Å². The Balaban J connectivity index is 1.86. The largest absolute Gasteiger partial charge is 0.294 e. The van der Waals surface area contributed by atoms with E-state index in [4.69, 9.17) is 23.2 Å². The predicted molar refractivity (Wildman–Crippen MR) is 133 cm³/mol. The fraction of sp³-hybridized carbons (Fsp3) is 0.0769. The molecule has 0 aliphatic rings. The van der Waals surface area contributed by atoms with E-state index in [9.17, 15) is 9.59 Å². The van der Waals surface area contributed by atoms with Gasteiger partial charge in [0.2, 0.25) is 0 Å². The third kappa shape index (κ3) is 5.10. The van der Waals surface area contributed by atoms with E-state index < -0.39 is 0 Å². The molecule has 1 heterocycles. The Hall–Kier alpha value is -2.92. The molecule has 4 rings (SSSR count). The average Bonchev–Trinajstić information content (AvgIpc) is 3.06. The molecule has 0 aliphatic carbocycles. The normalized spacial score (nSPS) is 12.3. The van der Waals surface area contributed by atoms with Crippen LogP contribution < -0.4 is 14.8 Å². The molecule has 3 aromatic carbocycles. The number of Topliss-reactive ketones (excluding diaryl/α,β-unsaturated/α-hetero) is 1. The summed E-state index contributed by atoms with van der Waals surface area (Å²) in [5.74, 6) is -0.247. The Bertz CT molecular complexity index is 1450. The number of nitrogens with zero attached hydrogens (tertiary/aromatic N) is 1. The third-order valence-corrected chi connectivity index (χ3v) is 6.60. The number of aromatic nitrogens is 1. The van der Waals surface area contributed by atoms with Crippen LogP contribution in [0.1, 0.15) is 27.0 Å². The van der Waals surface area contributed by atoms with Gasteiger partial charge in [-0.25, -0.2) is 0 Å². The number of carbonyl (C=O) groups excluding carboxylic acids is 1. The molecule has 4 aromatic rings. The van der Waals surface area contributed by atoms with Crippen molar-refractivity contribution in [3.05, 3.63) is 125 Å². The van der Waals surface area contributed by atoms with Crippen molar-refractivity contribution >= 4 is 52.5 Å². The lowest BCUT2D eigenvalue weighted by Crippen LogP contribution is -2.32. The molecule has 0 radical (unpaired) electrons. The van der Waals surface area contributed by atoms with E-state index in [0.29, 0.717) is 31.3 Å². The highest BCUT2D eigenvalue weighted by Crippen LogP contribution is 2.16. The van der Waals surface area contributed by atoms with Crippen molar-refractivity contribution in [2.24, 2.45) is 0 Å². The second kappa shape index (κ2) is 9.70. The molecule has 0 N–H and O–H groups in total. The summed E-state index contributed by atoms with van der Waals surface area (Å²) in [6.07, 6.45) is 3.33. The lowest BCUT2D eigenvalue weighted by molar-refractivity contribution is 0.106. The van der Waals surface area contributed by atoms with Crippen LogP contribution in [-0.2, 0) is 6.54 Å². The summed E-state index contributed by atoms with van der Waals surface area (Å²) in [6, 6.07) is 22.1. The van der Waals surface area contributed by atoms with Crippen molar-refractivity contribution in [2.45, 2.75) is 13.5 Å². The quantitative estimate of drug-likeness (QED) is 0.375. The molecular formula is C26H19Cl2NO2S. The first-order valence-corrected chi connectivity index (χ1v) is 11.5. The number of hydrogen-bond donors (Lipinski definition) is 0. The molecule has 6 heteroatoms. The molecule has 0 saturated carbocycles. The number of carbonyl (C=O) groups is 1. The van der Waals surface area contributed by atoms with E-state index in [-0.39, 0.29) is 11.3 Å². The van der Waals surface area contributed by atoms with Crippen LogP contribution >= 0.6 is 34.5 Å². The zero-order chi connectivity index (χ0) is 22.7. The van der Waals surface area contributed by atoms with Crippen molar-refractivity contribution < 1.29 is 4.79 Å². The van der Waals surface area contributed by atoms with Crippen molar-refractivity contribution in [3.8, 4) is 0 Å². The zero-order valence-corrected chi connectivity index (χ0v) is 19.5. The van der Waals surface area contributed by atoms with Gasteiger partial charge in [0.25, 0.3) is 5.56 Å². The van der Waals surface area contributed by atoms with Crippen LogP contribution in [0.5, 0.6) is 0 Å². The molecule has 0 spiro atoms. The highest BCUT2D eigenvalue weighted by Gasteiger charge is 2.11. The van der Waals surface area contributed by atoms with E-state index in [1.165, 1.54) is 17.4 Å². The van der Waals surface area contributed by atoms with Crippen LogP contribution in [0.15, 0.2) is 77.6 Å². The summed E-state index contributed by atoms with van der Waals surface area (Å²) in [5, 5.41) is 1.00. The second-order valence-corrected chi connectivity index (χ2v) is 9.27. The number of hydrogen-bond acceptors (Lipinski definition) is 3. The molecule has 0 bridgehead atoms. The van der Waals surface area contributed by atoms with Gasteiger partial charge in [0.15, 0.2) is 5.78 Å². The van der Waals surface area contributed by atoms with Crippen LogP contribution in [0, 0.1) is 6.92 Å². The molecule has 3 nitrogen and oxygen atoms in total. The fourth-order valence-corrected chi connectivity index (χ4v) is 4.63. The summed E-state index contributed by atoms with van der Waals surface area (Å²) in [4.78, 5) is 26.2. The zero-order valence-electron chi connectivity index (χ0n) is 17.2. The highest BCUT2D eigenvalue weighted by atomic mass is 35.5. The molecule has 0 fully saturated rings. The second-order valence-electron chi connectivity index (χ2n) is 7.37. The van der Waals surface area contributed by atoms with Crippen molar-refractivity contribution in [2.75, 3.05) is 0 Å². The molecule has 160 valence electrons.